The van der Waals surface area contributed by atoms with Gasteiger partial charge in [0.05, 0.1) is 4.92 Å². The summed E-state index contributed by atoms with van der Waals surface area (Å²) >= 11 is 6.12. The molecule has 9 heteroatoms. The van der Waals surface area contributed by atoms with Crippen LogP contribution in [0.3, 0.4) is 0 Å². The normalized spacial score (nSPS) is 11.7. The van der Waals surface area contributed by atoms with Gasteiger partial charge < -0.3 is 9.26 Å². The smallest absolute Gasteiger partial charge is 0.412 e. The van der Waals surface area contributed by atoms with Crippen molar-refractivity contribution in [2.75, 3.05) is 5.32 Å². The molecule has 0 aliphatic heterocycles. The summed E-state index contributed by atoms with van der Waals surface area (Å²) in [5.74, 6) is 0.198. The Bertz CT molecular complexity index is 1030. The lowest BCUT2D eigenvalue weighted by Crippen LogP contribution is -2.17. The predicted octanol–water partition coefficient (Wildman–Crippen LogP) is 5.52. The maximum Gasteiger partial charge on any atom is 0.412 e. The molecule has 1 heterocycles. The molecule has 28 heavy (non-hydrogen) atoms. The van der Waals surface area contributed by atoms with E-state index >= 15 is 0 Å². The number of amides is 1. The first kappa shape index (κ1) is 19.4. The Labute approximate surface area is 165 Å². The number of hydrogen-bond donors (Lipinski definition) is 1. The minimum Gasteiger partial charge on any atom is -0.441 e. The SMILES string of the molecule is Cc1noc(-c2cccc([N+](=O)[O-])c2)c1NC(=O)OC(C)c1ccccc1Cl. The van der Waals surface area contributed by atoms with E-state index in [1.54, 1.807) is 44.2 Å². The molecule has 0 aliphatic carbocycles. The fraction of sp³-hybridized carbons (Fsp3) is 0.158. The third kappa shape index (κ3) is 4.12. The summed E-state index contributed by atoms with van der Waals surface area (Å²) in [6.45, 7) is 3.33. The molecule has 0 saturated heterocycles. The van der Waals surface area contributed by atoms with Crippen LogP contribution >= 0.6 is 11.6 Å². The molecule has 0 aliphatic rings. The summed E-state index contributed by atoms with van der Waals surface area (Å²) < 4.78 is 10.6. The van der Waals surface area contributed by atoms with Crippen LogP contribution in [0.1, 0.15) is 24.3 Å². The van der Waals surface area contributed by atoms with Crippen LogP contribution in [0.5, 0.6) is 0 Å². The molecule has 1 amide bonds. The molecule has 1 unspecified atom stereocenters. The zero-order chi connectivity index (χ0) is 20.3. The van der Waals surface area contributed by atoms with E-state index in [1.165, 1.54) is 18.2 Å². The zero-order valence-electron chi connectivity index (χ0n) is 15.0. The Morgan fingerprint density at radius 1 is 1.29 bits per heavy atom. The van der Waals surface area contributed by atoms with E-state index in [4.69, 9.17) is 20.9 Å². The molecular formula is C19H16ClN3O5. The highest BCUT2D eigenvalue weighted by molar-refractivity contribution is 6.31. The van der Waals surface area contributed by atoms with Gasteiger partial charge >= 0.3 is 6.09 Å². The lowest BCUT2D eigenvalue weighted by molar-refractivity contribution is -0.384. The Morgan fingerprint density at radius 2 is 2.04 bits per heavy atom. The van der Waals surface area contributed by atoms with Crippen LogP contribution in [0.2, 0.25) is 5.02 Å². The molecule has 8 nitrogen and oxygen atoms in total. The van der Waals surface area contributed by atoms with Gasteiger partial charge in [-0.05, 0) is 19.9 Å². The van der Waals surface area contributed by atoms with Crippen molar-refractivity contribution in [3.8, 4) is 11.3 Å². The minimum absolute atomic E-state index is 0.104. The number of carbonyl (C=O) groups is 1. The van der Waals surface area contributed by atoms with Gasteiger partial charge in [-0.2, -0.15) is 0 Å². The first-order valence-electron chi connectivity index (χ1n) is 8.30. The number of hydrogen-bond acceptors (Lipinski definition) is 6. The van der Waals surface area contributed by atoms with Crippen molar-refractivity contribution in [1.29, 1.82) is 0 Å². The van der Waals surface area contributed by atoms with Gasteiger partial charge in [-0.3, -0.25) is 15.4 Å². The van der Waals surface area contributed by atoms with Crippen molar-refractivity contribution >= 4 is 29.1 Å². The van der Waals surface area contributed by atoms with E-state index in [0.29, 0.717) is 21.8 Å². The largest absolute Gasteiger partial charge is 0.441 e. The van der Waals surface area contributed by atoms with Crippen molar-refractivity contribution in [3.05, 3.63) is 74.9 Å². The molecule has 0 bridgehead atoms. The van der Waals surface area contributed by atoms with E-state index in [1.807, 2.05) is 0 Å². The summed E-state index contributed by atoms with van der Waals surface area (Å²) in [7, 11) is 0. The first-order valence-corrected chi connectivity index (χ1v) is 8.67. The van der Waals surface area contributed by atoms with E-state index in [0.717, 1.165) is 0 Å². The molecule has 1 N–H and O–H groups in total. The maximum atomic E-state index is 12.4. The third-order valence-corrected chi connectivity index (χ3v) is 4.38. The fourth-order valence-corrected chi connectivity index (χ4v) is 2.92. The van der Waals surface area contributed by atoms with Crippen molar-refractivity contribution < 1.29 is 19.0 Å². The Balaban J connectivity index is 1.81. The van der Waals surface area contributed by atoms with E-state index in [2.05, 4.69) is 10.5 Å². The number of benzene rings is 2. The van der Waals surface area contributed by atoms with Crippen molar-refractivity contribution in [1.82, 2.24) is 5.16 Å². The summed E-state index contributed by atoms with van der Waals surface area (Å²) in [5, 5.41) is 17.9. The number of rotatable bonds is 5. The fourth-order valence-electron chi connectivity index (χ4n) is 2.64. The number of nitro groups is 1. The highest BCUT2D eigenvalue weighted by Gasteiger charge is 2.21. The van der Waals surface area contributed by atoms with Crippen LogP contribution in [0.4, 0.5) is 16.2 Å². The lowest BCUT2D eigenvalue weighted by Gasteiger charge is -2.15. The molecule has 0 fully saturated rings. The molecule has 144 valence electrons. The van der Waals surface area contributed by atoms with E-state index in [-0.39, 0.29) is 17.1 Å². The number of nitrogens with zero attached hydrogens (tertiary/aromatic N) is 2. The minimum atomic E-state index is -0.731. The number of nitrogens with one attached hydrogen (secondary N) is 1. The molecule has 3 aromatic rings. The van der Waals surface area contributed by atoms with Crippen LogP contribution in [-0.2, 0) is 4.74 Å². The summed E-state index contributed by atoms with van der Waals surface area (Å²) in [4.78, 5) is 22.8. The maximum absolute atomic E-state index is 12.4. The number of aromatic nitrogens is 1. The van der Waals surface area contributed by atoms with Gasteiger partial charge in [0.25, 0.3) is 5.69 Å². The Hall–Kier alpha value is -3.39. The number of aryl methyl sites for hydroxylation is 1. The second kappa shape index (κ2) is 8.10. The standard InChI is InChI=1S/C19H16ClN3O5/c1-11-17(18(28-22-11)13-6-5-7-14(10-13)23(25)26)21-19(24)27-12(2)15-8-3-4-9-16(15)20/h3-10,12H,1-2H3,(H,21,24). The van der Waals surface area contributed by atoms with Gasteiger partial charge in [0.15, 0.2) is 5.76 Å². The average molecular weight is 402 g/mol. The summed E-state index contributed by atoms with van der Waals surface area (Å²) in [5.41, 5.74) is 1.65. The second-order valence-electron chi connectivity index (χ2n) is 5.97. The molecule has 0 radical (unpaired) electrons. The van der Waals surface area contributed by atoms with E-state index in [9.17, 15) is 14.9 Å². The number of anilines is 1. The van der Waals surface area contributed by atoms with Crippen LogP contribution in [0, 0.1) is 17.0 Å². The Kier molecular flexibility index (Phi) is 5.60. The Morgan fingerprint density at radius 3 is 2.75 bits per heavy atom. The van der Waals surface area contributed by atoms with Crippen LogP contribution in [0.25, 0.3) is 11.3 Å². The van der Waals surface area contributed by atoms with Gasteiger partial charge in [-0.1, -0.05) is 47.1 Å². The highest BCUT2D eigenvalue weighted by Crippen LogP contribution is 2.33. The number of halogens is 1. The lowest BCUT2D eigenvalue weighted by atomic mass is 10.1. The number of carbonyl (C=O) groups excluding carboxylic acids is 1. The molecule has 0 spiro atoms. The summed E-state index contributed by atoms with van der Waals surface area (Å²) in [6, 6.07) is 12.9. The van der Waals surface area contributed by atoms with Crippen LogP contribution in [0.15, 0.2) is 53.1 Å². The highest BCUT2D eigenvalue weighted by atomic mass is 35.5. The van der Waals surface area contributed by atoms with Gasteiger partial charge in [-0.25, -0.2) is 4.79 Å². The van der Waals surface area contributed by atoms with Crippen LogP contribution in [-0.4, -0.2) is 16.2 Å². The molecule has 1 aromatic heterocycles. The van der Waals surface area contributed by atoms with Gasteiger partial charge in [0.1, 0.15) is 17.5 Å². The monoisotopic (exact) mass is 401 g/mol. The summed E-state index contributed by atoms with van der Waals surface area (Å²) in [6.07, 6.45) is -1.32. The van der Waals surface area contributed by atoms with Crippen LogP contribution < -0.4 is 5.32 Å². The number of nitro benzene ring substituents is 1. The van der Waals surface area contributed by atoms with Crippen molar-refractivity contribution in [2.24, 2.45) is 0 Å². The van der Waals surface area contributed by atoms with Gasteiger partial charge in [0, 0.05) is 28.3 Å². The average Bonchev–Trinajstić information content (AvgIpc) is 3.02. The quantitative estimate of drug-likeness (QED) is 0.445. The molecule has 3 rings (SSSR count). The van der Waals surface area contributed by atoms with Gasteiger partial charge in [0.2, 0.25) is 0 Å². The van der Waals surface area contributed by atoms with E-state index < -0.39 is 17.1 Å². The van der Waals surface area contributed by atoms with Crippen molar-refractivity contribution in [3.63, 3.8) is 0 Å². The first-order chi connectivity index (χ1) is 13.4. The zero-order valence-corrected chi connectivity index (χ0v) is 15.8. The second-order valence-corrected chi connectivity index (χ2v) is 6.38. The number of non-ortho nitro benzene ring substituents is 1. The number of ether oxygens (including phenoxy) is 1. The van der Waals surface area contributed by atoms with Gasteiger partial charge in [-0.15, -0.1) is 0 Å². The molecule has 0 saturated carbocycles. The predicted molar refractivity (Wildman–Crippen MR) is 103 cm³/mol. The third-order valence-electron chi connectivity index (χ3n) is 4.04. The molecule has 2 aromatic carbocycles. The molecule has 1 atom stereocenters. The topological polar surface area (TPSA) is 108 Å². The van der Waals surface area contributed by atoms with Crippen molar-refractivity contribution in [2.45, 2.75) is 20.0 Å². The molecular weight excluding hydrogens is 386 g/mol.